The van der Waals surface area contributed by atoms with Gasteiger partial charge < -0.3 is 9.72 Å². The molecule has 1 aromatic heterocycles. The van der Waals surface area contributed by atoms with Crippen molar-refractivity contribution < 1.29 is 4.74 Å². The standard InChI is InChI=1S/C34H27NO/c1-5-15-26(16-6-1)33(31-25-35-32-24-14-13-23-30(31)32)36-34(27-17-7-2-8-18-27,28-19-9-3-10-20-28)29-21-11-4-12-22-29/h1-25,33,35H. The molecule has 0 saturated carbocycles. The van der Waals surface area contributed by atoms with E-state index >= 15 is 0 Å². The Hall–Kier alpha value is -4.40. The van der Waals surface area contributed by atoms with Crippen LogP contribution in [-0.2, 0) is 10.3 Å². The first-order valence-corrected chi connectivity index (χ1v) is 12.3. The van der Waals surface area contributed by atoms with Crippen molar-refractivity contribution in [2.24, 2.45) is 0 Å². The fraction of sp³-hybridized carbons (Fsp3) is 0.0588. The van der Waals surface area contributed by atoms with Gasteiger partial charge in [-0.15, -0.1) is 0 Å². The highest BCUT2D eigenvalue weighted by Gasteiger charge is 2.41. The van der Waals surface area contributed by atoms with Crippen LogP contribution in [0.25, 0.3) is 10.9 Å². The van der Waals surface area contributed by atoms with Gasteiger partial charge >= 0.3 is 0 Å². The topological polar surface area (TPSA) is 25.0 Å². The third kappa shape index (κ3) is 3.92. The highest BCUT2D eigenvalue weighted by Crippen LogP contribution is 2.46. The van der Waals surface area contributed by atoms with E-state index in [4.69, 9.17) is 4.74 Å². The molecule has 36 heavy (non-hydrogen) atoms. The number of H-pyrrole nitrogens is 1. The van der Waals surface area contributed by atoms with Crippen LogP contribution in [0.2, 0.25) is 0 Å². The summed E-state index contributed by atoms with van der Waals surface area (Å²) in [5.74, 6) is 0. The average molecular weight is 466 g/mol. The van der Waals surface area contributed by atoms with Gasteiger partial charge in [0.1, 0.15) is 11.7 Å². The minimum atomic E-state index is -0.831. The van der Waals surface area contributed by atoms with Crippen LogP contribution in [0.1, 0.15) is 33.9 Å². The number of aromatic amines is 1. The number of rotatable bonds is 7. The maximum absolute atomic E-state index is 7.51. The molecule has 1 N–H and O–H groups in total. The number of nitrogens with one attached hydrogen (secondary N) is 1. The summed E-state index contributed by atoms with van der Waals surface area (Å²) in [5.41, 5.74) is 5.75. The van der Waals surface area contributed by atoms with Crippen LogP contribution in [0.4, 0.5) is 0 Å². The summed E-state index contributed by atoms with van der Waals surface area (Å²) in [5, 5.41) is 1.16. The molecule has 0 radical (unpaired) electrons. The highest BCUT2D eigenvalue weighted by atomic mass is 16.5. The van der Waals surface area contributed by atoms with Gasteiger partial charge in [0.2, 0.25) is 0 Å². The van der Waals surface area contributed by atoms with Crippen LogP contribution in [0, 0.1) is 0 Å². The zero-order valence-electron chi connectivity index (χ0n) is 19.9. The van der Waals surface area contributed by atoms with E-state index in [1.165, 1.54) is 0 Å². The molecule has 0 aliphatic heterocycles. The normalized spacial score (nSPS) is 12.4. The molecule has 5 aromatic carbocycles. The van der Waals surface area contributed by atoms with Gasteiger partial charge in [0.05, 0.1) is 0 Å². The molecule has 2 heteroatoms. The SMILES string of the molecule is c1ccc(C(OC(c2ccccc2)(c2ccccc2)c2ccccc2)c2c[nH]c3ccccc23)cc1. The first-order valence-electron chi connectivity index (χ1n) is 12.3. The van der Waals surface area contributed by atoms with Gasteiger partial charge in [0.25, 0.3) is 0 Å². The second kappa shape index (κ2) is 9.69. The minimum absolute atomic E-state index is 0.317. The van der Waals surface area contributed by atoms with Crippen LogP contribution < -0.4 is 0 Å². The molecule has 1 heterocycles. The van der Waals surface area contributed by atoms with Crippen molar-refractivity contribution in [2.75, 3.05) is 0 Å². The van der Waals surface area contributed by atoms with Gasteiger partial charge in [-0.3, -0.25) is 0 Å². The largest absolute Gasteiger partial charge is 0.361 e. The van der Waals surface area contributed by atoms with Crippen molar-refractivity contribution in [3.8, 4) is 0 Å². The number of ether oxygens (including phenoxy) is 1. The quantitative estimate of drug-likeness (QED) is 0.236. The molecule has 2 nitrogen and oxygen atoms in total. The number of benzene rings is 5. The lowest BCUT2D eigenvalue weighted by Crippen LogP contribution is -2.34. The maximum Gasteiger partial charge on any atom is 0.145 e. The summed E-state index contributed by atoms with van der Waals surface area (Å²) in [6.45, 7) is 0. The monoisotopic (exact) mass is 465 g/mol. The summed E-state index contributed by atoms with van der Waals surface area (Å²) in [6.07, 6.45) is 1.77. The third-order valence-corrected chi connectivity index (χ3v) is 6.84. The Bertz CT molecular complexity index is 1440. The van der Waals surface area contributed by atoms with Crippen molar-refractivity contribution in [1.82, 2.24) is 4.98 Å². The van der Waals surface area contributed by atoms with E-state index in [-0.39, 0.29) is 6.10 Å². The lowest BCUT2D eigenvalue weighted by molar-refractivity contribution is -0.0289. The van der Waals surface area contributed by atoms with E-state index in [9.17, 15) is 0 Å². The Morgan fingerprint density at radius 3 is 1.47 bits per heavy atom. The Morgan fingerprint density at radius 2 is 0.944 bits per heavy atom. The number of para-hydroxylation sites is 1. The van der Waals surface area contributed by atoms with Gasteiger partial charge in [-0.2, -0.15) is 0 Å². The fourth-order valence-electron chi connectivity index (χ4n) is 5.15. The first kappa shape index (κ1) is 22.1. The fourth-order valence-corrected chi connectivity index (χ4v) is 5.15. The molecule has 0 bridgehead atoms. The molecule has 0 saturated heterocycles. The molecule has 0 amide bonds. The van der Waals surface area contributed by atoms with E-state index in [0.717, 1.165) is 38.7 Å². The number of aromatic nitrogens is 1. The summed E-state index contributed by atoms with van der Waals surface area (Å²) >= 11 is 0. The number of hydrogen-bond donors (Lipinski definition) is 1. The van der Waals surface area contributed by atoms with E-state index in [2.05, 4.69) is 157 Å². The molecule has 1 atom stereocenters. The molecule has 174 valence electrons. The summed E-state index contributed by atoms with van der Waals surface area (Å²) < 4.78 is 7.51. The first-order chi connectivity index (χ1) is 17.9. The van der Waals surface area contributed by atoms with Crippen LogP contribution >= 0.6 is 0 Å². The van der Waals surface area contributed by atoms with Crippen LogP contribution in [-0.4, -0.2) is 4.98 Å². The van der Waals surface area contributed by atoms with Crippen molar-refractivity contribution >= 4 is 10.9 Å². The van der Waals surface area contributed by atoms with Gasteiger partial charge in [0, 0.05) is 22.7 Å². The lowest BCUT2D eigenvalue weighted by atomic mass is 9.79. The molecule has 1 unspecified atom stereocenters. The van der Waals surface area contributed by atoms with E-state index < -0.39 is 5.60 Å². The summed E-state index contributed by atoms with van der Waals surface area (Å²) in [7, 11) is 0. The molecule has 0 fully saturated rings. The number of hydrogen-bond acceptors (Lipinski definition) is 1. The number of fused-ring (bicyclic) bond motifs is 1. The molecule has 0 aliphatic carbocycles. The highest BCUT2D eigenvalue weighted by molar-refractivity contribution is 5.84. The smallest absolute Gasteiger partial charge is 0.145 e. The summed E-state index contributed by atoms with van der Waals surface area (Å²) in [4.78, 5) is 3.46. The van der Waals surface area contributed by atoms with Gasteiger partial charge in [0.15, 0.2) is 0 Å². The molecular formula is C34H27NO. The average Bonchev–Trinajstić information content (AvgIpc) is 3.40. The Morgan fingerprint density at radius 1 is 0.500 bits per heavy atom. The van der Waals surface area contributed by atoms with Crippen LogP contribution in [0.15, 0.2) is 152 Å². The Labute approximate surface area is 211 Å². The van der Waals surface area contributed by atoms with Crippen molar-refractivity contribution in [3.63, 3.8) is 0 Å². The molecular weight excluding hydrogens is 438 g/mol. The third-order valence-electron chi connectivity index (χ3n) is 6.84. The molecule has 0 spiro atoms. The van der Waals surface area contributed by atoms with Gasteiger partial charge in [-0.1, -0.05) is 140 Å². The van der Waals surface area contributed by atoms with Gasteiger partial charge in [-0.25, -0.2) is 0 Å². The zero-order valence-corrected chi connectivity index (χ0v) is 19.9. The zero-order chi connectivity index (χ0) is 24.2. The van der Waals surface area contributed by atoms with Gasteiger partial charge in [-0.05, 0) is 28.3 Å². The van der Waals surface area contributed by atoms with Crippen molar-refractivity contribution in [1.29, 1.82) is 0 Å². The predicted octanol–water partition coefficient (Wildman–Crippen LogP) is 8.27. The van der Waals surface area contributed by atoms with Crippen LogP contribution in [0.5, 0.6) is 0 Å². The second-order valence-corrected chi connectivity index (χ2v) is 8.98. The Balaban J connectivity index is 1.64. The van der Waals surface area contributed by atoms with Crippen molar-refractivity contribution in [3.05, 3.63) is 180 Å². The van der Waals surface area contributed by atoms with E-state index in [1.54, 1.807) is 0 Å². The maximum atomic E-state index is 7.51. The lowest BCUT2D eigenvalue weighted by Gasteiger charge is -2.39. The minimum Gasteiger partial charge on any atom is -0.361 e. The van der Waals surface area contributed by atoms with E-state index in [1.807, 2.05) is 0 Å². The Kier molecular flexibility index (Phi) is 5.95. The van der Waals surface area contributed by atoms with Crippen molar-refractivity contribution in [2.45, 2.75) is 11.7 Å². The summed E-state index contributed by atoms with van der Waals surface area (Å²) in [6, 6.07) is 50.6. The van der Waals surface area contributed by atoms with Crippen LogP contribution in [0.3, 0.4) is 0 Å². The van der Waals surface area contributed by atoms with E-state index in [0.29, 0.717) is 0 Å². The molecule has 6 aromatic rings. The second-order valence-electron chi connectivity index (χ2n) is 8.98. The molecule has 0 aliphatic rings. The molecule has 6 rings (SSSR count). The predicted molar refractivity (Wildman–Crippen MR) is 147 cm³/mol.